The number of aromatic amines is 2. The highest BCUT2D eigenvalue weighted by atomic mass is 16.5. The van der Waals surface area contributed by atoms with Crippen LogP contribution in [0.1, 0.15) is 90.4 Å². The SMILES string of the molecule is CCCC[C@H](NC(=O)c1[nH]c2c(c1C)C(=O)CC(C)(C)C2)c1nc2ccc(OCCN3CCOCC3)cc2[nH]1. The van der Waals surface area contributed by atoms with E-state index in [2.05, 4.69) is 41.0 Å². The first-order valence-electron chi connectivity index (χ1n) is 14.2. The van der Waals surface area contributed by atoms with E-state index < -0.39 is 0 Å². The van der Waals surface area contributed by atoms with E-state index in [4.69, 9.17) is 14.5 Å². The molecule has 39 heavy (non-hydrogen) atoms. The highest BCUT2D eigenvalue weighted by molar-refractivity contribution is 6.04. The molecule has 2 aliphatic rings. The van der Waals surface area contributed by atoms with Gasteiger partial charge in [0.1, 0.15) is 23.9 Å². The van der Waals surface area contributed by atoms with Crippen LogP contribution in [0.2, 0.25) is 0 Å². The minimum atomic E-state index is -0.276. The van der Waals surface area contributed by atoms with Crippen molar-refractivity contribution in [1.29, 1.82) is 0 Å². The third kappa shape index (κ3) is 6.20. The lowest BCUT2D eigenvalue weighted by atomic mass is 9.75. The average Bonchev–Trinajstić information content (AvgIpc) is 3.47. The van der Waals surface area contributed by atoms with E-state index in [0.29, 0.717) is 24.3 Å². The highest BCUT2D eigenvalue weighted by Gasteiger charge is 2.35. The fraction of sp³-hybridized carbons (Fsp3) is 0.567. The van der Waals surface area contributed by atoms with Crippen LogP contribution in [-0.2, 0) is 11.2 Å². The standard InChI is InChI=1S/C30H41N5O4/c1-5-6-7-22(34-29(37)27-19(2)26-24(31-27)17-30(3,4)18-25(26)36)28-32-21-9-8-20(16-23(21)33-28)39-15-12-35-10-13-38-14-11-35/h8-9,16,22,31H,5-7,10-15,17-18H2,1-4H3,(H,32,33)(H,34,37)/t22-/m0/s1. The highest BCUT2D eigenvalue weighted by Crippen LogP contribution is 2.37. The number of nitrogens with zero attached hydrogens (tertiary/aromatic N) is 2. The number of morpholine rings is 1. The number of benzene rings is 1. The van der Waals surface area contributed by atoms with Gasteiger partial charge in [0, 0.05) is 43.4 Å². The third-order valence-corrected chi connectivity index (χ3v) is 7.86. The molecule has 0 spiro atoms. The largest absolute Gasteiger partial charge is 0.492 e. The normalized spacial score (nSPS) is 18.2. The van der Waals surface area contributed by atoms with Gasteiger partial charge in [-0.15, -0.1) is 0 Å². The molecule has 1 saturated heterocycles. The molecular weight excluding hydrogens is 494 g/mol. The lowest BCUT2D eigenvalue weighted by molar-refractivity contribution is 0.0322. The van der Waals surface area contributed by atoms with Crippen molar-refractivity contribution in [1.82, 2.24) is 25.2 Å². The van der Waals surface area contributed by atoms with E-state index in [1.807, 2.05) is 25.1 Å². The summed E-state index contributed by atoms with van der Waals surface area (Å²) in [4.78, 5) is 40.2. The Hall–Kier alpha value is -3.17. The Morgan fingerprint density at radius 3 is 2.79 bits per heavy atom. The molecule has 3 N–H and O–H groups in total. The van der Waals surface area contributed by atoms with Crippen LogP contribution in [0.4, 0.5) is 0 Å². The number of nitrogens with one attached hydrogen (secondary N) is 3. The summed E-state index contributed by atoms with van der Waals surface area (Å²) in [6.45, 7) is 13.1. The van der Waals surface area contributed by atoms with Gasteiger partial charge >= 0.3 is 0 Å². The first-order valence-corrected chi connectivity index (χ1v) is 14.2. The zero-order chi connectivity index (χ0) is 27.6. The number of hydrogen-bond acceptors (Lipinski definition) is 6. The van der Waals surface area contributed by atoms with Gasteiger partial charge in [0.25, 0.3) is 5.91 Å². The summed E-state index contributed by atoms with van der Waals surface area (Å²) in [6, 6.07) is 5.59. The predicted octanol–water partition coefficient (Wildman–Crippen LogP) is 4.73. The van der Waals surface area contributed by atoms with Crippen molar-refractivity contribution >= 4 is 22.7 Å². The van der Waals surface area contributed by atoms with Crippen LogP contribution in [0.25, 0.3) is 11.0 Å². The number of amides is 1. The second-order valence-corrected chi connectivity index (χ2v) is 11.7. The number of fused-ring (bicyclic) bond motifs is 2. The zero-order valence-corrected chi connectivity index (χ0v) is 23.6. The van der Waals surface area contributed by atoms with Crippen molar-refractivity contribution in [3.63, 3.8) is 0 Å². The summed E-state index contributed by atoms with van der Waals surface area (Å²) >= 11 is 0. The van der Waals surface area contributed by atoms with Crippen LogP contribution in [0.3, 0.4) is 0 Å². The first kappa shape index (κ1) is 27.4. The Kier molecular flexibility index (Phi) is 8.09. The van der Waals surface area contributed by atoms with Gasteiger partial charge in [-0.25, -0.2) is 4.98 Å². The zero-order valence-electron chi connectivity index (χ0n) is 23.6. The summed E-state index contributed by atoms with van der Waals surface area (Å²) in [6.07, 6.45) is 3.97. The van der Waals surface area contributed by atoms with Gasteiger partial charge in [0.2, 0.25) is 0 Å². The van der Waals surface area contributed by atoms with E-state index in [0.717, 1.165) is 92.4 Å². The molecule has 3 aromatic rings. The number of unbranched alkanes of at least 4 members (excludes halogenated alkanes) is 1. The van der Waals surface area contributed by atoms with Gasteiger partial charge < -0.3 is 24.8 Å². The van der Waals surface area contributed by atoms with E-state index in [1.54, 1.807) is 0 Å². The fourth-order valence-electron chi connectivity index (χ4n) is 5.76. The Morgan fingerprint density at radius 2 is 2.03 bits per heavy atom. The van der Waals surface area contributed by atoms with E-state index in [1.165, 1.54) is 0 Å². The maximum absolute atomic E-state index is 13.5. The number of ketones is 1. The molecule has 5 rings (SSSR count). The van der Waals surface area contributed by atoms with Gasteiger partial charge in [0.05, 0.1) is 30.3 Å². The van der Waals surface area contributed by atoms with Gasteiger partial charge in [0.15, 0.2) is 5.78 Å². The Bertz CT molecular complexity index is 1330. The number of carbonyl (C=O) groups excluding carboxylic acids is 2. The molecule has 9 heteroatoms. The minimum absolute atomic E-state index is 0.108. The number of H-pyrrole nitrogens is 2. The molecule has 0 bridgehead atoms. The van der Waals surface area contributed by atoms with Crippen molar-refractivity contribution in [3.8, 4) is 5.75 Å². The number of carbonyl (C=O) groups is 2. The van der Waals surface area contributed by atoms with Crippen LogP contribution in [0.15, 0.2) is 18.2 Å². The van der Waals surface area contributed by atoms with Gasteiger partial charge in [-0.3, -0.25) is 14.5 Å². The number of aromatic nitrogens is 3. The summed E-state index contributed by atoms with van der Waals surface area (Å²) < 4.78 is 11.4. The fourth-order valence-corrected chi connectivity index (χ4v) is 5.76. The van der Waals surface area contributed by atoms with Crippen molar-refractivity contribution in [3.05, 3.63) is 46.5 Å². The molecule has 2 aromatic heterocycles. The average molecular weight is 536 g/mol. The lowest BCUT2D eigenvalue weighted by Gasteiger charge is -2.28. The van der Waals surface area contributed by atoms with Crippen LogP contribution >= 0.6 is 0 Å². The molecule has 1 atom stereocenters. The van der Waals surface area contributed by atoms with E-state index in [-0.39, 0.29) is 23.1 Å². The molecule has 0 unspecified atom stereocenters. The second-order valence-electron chi connectivity index (χ2n) is 11.7. The summed E-state index contributed by atoms with van der Waals surface area (Å²) in [5, 5.41) is 3.19. The Morgan fingerprint density at radius 1 is 1.23 bits per heavy atom. The summed E-state index contributed by atoms with van der Waals surface area (Å²) in [5.74, 6) is 1.42. The van der Waals surface area contributed by atoms with Gasteiger partial charge in [-0.1, -0.05) is 33.6 Å². The van der Waals surface area contributed by atoms with Crippen LogP contribution < -0.4 is 10.1 Å². The topological polar surface area (TPSA) is 112 Å². The Labute approximate surface area is 230 Å². The predicted molar refractivity (Wildman–Crippen MR) is 151 cm³/mol. The van der Waals surface area contributed by atoms with E-state index in [9.17, 15) is 9.59 Å². The van der Waals surface area contributed by atoms with Crippen molar-refractivity contribution in [2.75, 3.05) is 39.5 Å². The molecule has 9 nitrogen and oxygen atoms in total. The molecule has 0 saturated carbocycles. The van der Waals surface area contributed by atoms with Gasteiger partial charge in [-0.2, -0.15) is 0 Å². The molecule has 3 heterocycles. The summed E-state index contributed by atoms with van der Waals surface area (Å²) in [5.41, 5.74) is 4.37. The lowest BCUT2D eigenvalue weighted by Crippen LogP contribution is -2.38. The van der Waals surface area contributed by atoms with Crippen molar-refractivity contribution in [2.45, 2.75) is 65.8 Å². The molecule has 1 amide bonds. The maximum Gasteiger partial charge on any atom is 0.268 e. The molecule has 1 aliphatic carbocycles. The number of hydrogen-bond donors (Lipinski definition) is 3. The van der Waals surface area contributed by atoms with Crippen molar-refractivity contribution < 1.29 is 19.1 Å². The monoisotopic (exact) mass is 535 g/mol. The maximum atomic E-state index is 13.5. The van der Waals surface area contributed by atoms with Gasteiger partial charge in [-0.05, 0) is 42.9 Å². The number of rotatable bonds is 10. The Balaban J connectivity index is 1.30. The molecule has 1 fully saturated rings. The quantitative estimate of drug-likeness (QED) is 0.346. The van der Waals surface area contributed by atoms with Crippen LogP contribution in [0.5, 0.6) is 5.75 Å². The number of Topliss-reactive ketones (excluding diaryl/α,β-unsaturated/α-hetero) is 1. The molecule has 1 aromatic carbocycles. The molecule has 0 radical (unpaired) electrons. The molecule has 210 valence electrons. The van der Waals surface area contributed by atoms with Crippen molar-refractivity contribution in [2.24, 2.45) is 5.41 Å². The van der Waals surface area contributed by atoms with Crippen LogP contribution in [-0.4, -0.2) is 71.0 Å². The first-order chi connectivity index (χ1) is 18.7. The minimum Gasteiger partial charge on any atom is -0.492 e. The van der Waals surface area contributed by atoms with Crippen LogP contribution in [0, 0.1) is 12.3 Å². The molecule has 1 aliphatic heterocycles. The summed E-state index contributed by atoms with van der Waals surface area (Å²) in [7, 11) is 0. The number of imidazole rings is 1. The smallest absolute Gasteiger partial charge is 0.268 e. The number of ether oxygens (including phenoxy) is 2. The second kappa shape index (κ2) is 11.5. The third-order valence-electron chi connectivity index (χ3n) is 7.86. The van der Waals surface area contributed by atoms with E-state index >= 15 is 0 Å². The molecular formula is C30H41N5O4.